The van der Waals surface area contributed by atoms with E-state index in [1.807, 2.05) is 21.0 Å². The highest BCUT2D eigenvalue weighted by Gasteiger charge is 2.26. The number of hydrazine groups is 1. The van der Waals surface area contributed by atoms with Crippen LogP contribution in [0.1, 0.15) is 136 Å². The van der Waals surface area contributed by atoms with Crippen LogP contribution in [-0.2, 0) is 24.5 Å². The van der Waals surface area contributed by atoms with Crippen molar-refractivity contribution in [1.29, 1.82) is 0 Å². The molecule has 0 aliphatic carbocycles. The lowest BCUT2D eigenvalue weighted by molar-refractivity contribution is -0.125. The van der Waals surface area contributed by atoms with E-state index in [-0.39, 0.29) is 28.0 Å². The Bertz CT molecular complexity index is 1360. The van der Waals surface area contributed by atoms with Crippen molar-refractivity contribution in [2.24, 2.45) is 5.41 Å². The summed E-state index contributed by atoms with van der Waals surface area (Å²) in [4.78, 5) is 37.4. The molecule has 1 fully saturated rings. The van der Waals surface area contributed by atoms with Crippen molar-refractivity contribution in [3.63, 3.8) is 0 Å². The van der Waals surface area contributed by atoms with E-state index in [1.54, 1.807) is 30.2 Å². The lowest BCUT2D eigenvalue weighted by Gasteiger charge is -2.26. The number of nitrogens with zero attached hydrogens (tertiary/aromatic N) is 2. The summed E-state index contributed by atoms with van der Waals surface area (Å²) in [7, 11) is 0.00933. The van der Waals surface area contributed by atoms with Crippen LogP contribution in [0.25, 0.3) is 0 Å². The smallest absolute Gasteiger partial charge is 0.294 e. The Labute approximate surface area is 335 Å². The van der Waals surface area contributed by atoms with Crippen molar-refractivity contribution >= 4 is 27.8 Å². The Balaban J connectivity index is 0. The van der Waals surface area contributed by atoms with Gasteiger partial charge in [0.05, 0.1) is 4.90 Å². The van der Waals surface area contributed by atoms with E-state index >= 15 is 0 Å². The van der Waals surface area contributed by atoms with E-state index in [4.69, 9.17) is 4.55 Å². The van der Waals surface area contributed by atoms with Gasteiger partial charge in [-0.1, -0.05) is 129 Å². The van der Waals surface area contributed by atoms with Crippen molar-refractivity contribution in [3.05, 3.63) is 66.9 Å². The molecular weight excluding hydrogens is 715 g/mol. The molecule has 0 spiro atoms. The number of likely N-dealkylation sites (tertiary alicyclic amines) is 1. The molecule has 55 heavy (non-hydrogen) atoms. The first kappa shape index (κ1) is 53.8. The van der Waals surface area contributed by atoms with Crippen LogP contribution in [0, 0.1) is 12.3 Å². The summed E-state index contributed by atoms with van der Waals surface area (Å²) in [6.45, 7) is 26.6. The summed E-state index contributed by atoms with van der Waals surface area (Å²) in [5.41, 5.74) is 7.76. The Morgan fingerprint density at radius 3 is 1.85 bits per heavy atom. The Morgan fingerprint density at radius 2 is 1.44 bits per heavy atom. The second-order valence-corrected chi connectivity index (χ2v) is 16.5. The molecule has 0 atom stereocenters. The first-order valence-electron chi connectivity index (χ1n) is 20.1. The highest BCUT2D eigenvalue weighted by atomic mass is 32.2. The molecule has 0 aromatic heterocycles. The molecule has 1 aliphatic heterocycles. The van der Waals surface area contributed by atoms with Crippen molar-refractivity contribution in [1.82, 2.24) is 26.0 Å². The molecule has 0 radical (unpaired) electrons. The zero-order valence-electron chi connectivity index (χ0n) is 35.7. The summed E-state index contributed by atoms with van der Waals surface area (Å²) in [5.74, 6) is 0.0919. The quantitative estimate of drug-likeness (QED) is 0.0373. The van der Waals surface area contributed by atoms with Gasteiger partial charge in [0.2, 0.25) is 11.8 Å². The molecule has 11 nitrogen and oxygen atoms in total. The second-order valence-electron chi connectivity index (χ2n) is 15.0. The SMILES string of the molecule is C=C(C(=O)NNCCC)C(C)(C)CCCCCCCCCCCC.C=C(C)C(=O)NCCCN(C)C.C=CN1CCCC1=O.Cc1ccc(S(=O)(=O)O)cc1. The van der Waals surface area contributed by atoms with Gasteiger partial charge in [-0.05, 0) is 83.9 Å². The molecule has 0 unspecified atom stereocenters. The fourth-order valence-electron chi connectivity index (χ4n) is 5.18. The molecule has 1 aromatic carbocycles. The van der Waals surface area contributed by atoms with Gasteiger partial charge < -0.3 is 15.1 Å². The summed E-state index contributed by atoms with van der Waals surface area (Å²) in [6, 6.07) is 5.99. The van der Waals surface area contributed by atoms with E-state index in [2.05, 4.69) is 68.5 Å². The second kappa shape index (κ2) is 31.8. The summed E-state index contributed by atoms with van der Waals surface area (Å²) >= 11 is 0. The third kappa shape index (κ3) is 29.6. The number of aryl methyl sites for hydroxylation is 1. The van der Waals surface area contributed by atoms with E-state index in [0.29, 0.717) is 17.6 Å². The standard InChI is InChI=1S/C21H42N2O.C9H18N2O.C7H8O3S.C6H9NO/c1-6-8-9-10-11-12-13-14-15-16-17-21(4,5)19(3)20(24)23-22-18-7-2;1-8(2)9(12)10-6-5-7-11(3)4;1-6-2-4-7(5-3-6)11(8,9)10;1-2-7-5-3-4-6(7)8/h22H,3,6-18H2,1-2,4-5H3,(H,23,24);1,5-7H2,2-4H3,(H,10,12);2-5H,1H3,(H,8,9,10);2H,1,3-5H2. The van der Waals surface area contributed by atoms with E-state index in [0.717, 1.165) is 57.4 Å². The number of unbranched alkanes of at least 4 members (excludes halogenated alkanes) is 9. The van der Waals surface area contributed by atoms with Gasteiger partial charge in [0.15, 0.2) is 0 Å². The van der Waals surface area contributed by atoms with Crippen LogP contribution in [0.5, 0.6) is 0 Å². The molecule has 316 valence electrons. The largest absolute Gasteiger partial charge is 0.352 e. The maximum atomic E-state index is 12.1. The number of hydrogen-bond donors (Lipinski definition) is 4. The normalized spacial score (nSPS) is 12.3. The predicted octanol–water partition coefficient (Wildman–Crippen LogP) is 8.54. The zero-order chi connectivity index (χ0) is 42.3. The third-order valence-corrected chi connectivity index (χ3v) is 9.80. The monoisotopic (exact) mass is 792 g/mol. The van der Waals surface area contributed by atoms with Crippen molar-refractivity contribution in [2.75, 3.05) is 40.3 Å². The van der Waals surface area contributed by atoms with E-state index < -0.39 is 10.1 Å². The van der Waals surface area contributed by atoms with Crippen LogP contribution in [0.2, 0.25) is 0 Å². The van der Waals surface area contributed by atoms with E-state index in [1.165, 1.54) is 76.3 Å². The number of benzene rings is 1. The van der Waals surface area contributed by atoms with Gasteiger partial charge in [-0.3, -0.25) is 24.4 Å². The number of nitrogens with one attached hydrogen (secondary N) is 3. The maximum Gasteiger partial charge on any atom is 0.294 e. The molecule has 0 saturated carbocycles. The highest BCUT2D eigenvalue weighted by Crippen LogP contribution is 2.31. The predicted molar refractivity (Wildman–Crippen MR) is 229 cm³/mol. The average Bonchev–Trinajstić information content (AvgIpc) is 3.55. The van der Waals surface area contributed by atoms with Gasteiger partial charge in [0, 0.05) is 37.2 Å². The van der Waals surface area contributed by atoms with Crippen LogP contribution < -0.4 is 16.2 Å². The number of rotatable bonds is 23. The fourth-order valence-corrected chi connectivity index (χ4v) is 5.66. The van der Waals surface area contributed by atoms with E-state index in [9.17, 15) is 22.8 Å². The Kier molecular flexibility index (Phi) is 31.1. The number of carbonyl (C=O) groups excluding carboxylic acids is 3. The first-order valence-corrected chi connectivity index (χ1v) is 21.5. The van der Waals surface area contributed by atoms with Crippen LogP contribution >= 0.6 is 0 Å². The molecular formula is C43H77N5O6S. The minimum atomic E-state index is -4.02. The minimum Gasteiger partial charge on any atom is -0.352 e. The molecule has 1 saturated heterocycles. The molecule has 0 bridgehead atoms. The van der Waals surface area contributed by atoms with Crippen molar-refractivity contribution < 1.29 is 27.4 Å². The van der Waals surface area contributed by atoms with Gasteiger partial charge in [0.25, 0.3) is 16.0 Å². The molecule has 1 aliphatic rings. The van der Waals surface area contributed by atoms with Crippen LogP contribution in [0.15, 0.2) is 66.2 Å². The topological polar surface area (TPSA) is 148 Å². The average molecular weight is 792 g/mol. The molecule has 1 heterocycles. The Hall–Kier alpha value is -3.32. The molecule has 1 aromatic rings. The molecule has 12 heteroatoms. The fraction of sp³-hybridized carbons (Fsp3) is 0.651. The van der Waals surface area contributed by atoms with Gasteiger partial charge >= 0.3 is 0 Å². The van der Waals surface area contributed by atoms with Gasteiger partial charge in [0.1, 0.15) is 0 Å². The maximum absolute atomic E-state index is 12.1. The molecule has 4 N–H and O–H groups in total. The van der Waals surface area contributed by atoms with Gasteiger partial charge in [-0.25, -0.2) is 5.43 Å². The Morgan fingerprint density at radius 1 is 0.891 bits per heavy atom. The van der Waals surface area contributed by atoms with Crippen molar-refractivity contribution in [3.8, 4) is 0 Å². The molecule has 2 rings (SSSR count). The summed E-state index contributed by atoms with van der Waals surface area (Å²) in [5, 5.41) is 2.77. The van der Waals surface area contributed by atoms with Gasteiger partial charge in [-0.15, -0.1) is 0 Å². The highest BCUT2D eigenvalue weighted by molar-refractivity contribution is 7.85. The van der Waals surface area contributed by atoms with Crippen LogP contribution in [0.4, 0.5) is 0 Å². The minimum absolute atomic E-state index is 0.0474. The lowest BCUT2D eigenvalue weighted by atomic mass is 9.80. The lowest BCUT2D eigenvalue weighted by Crippen LogP contribution is -2.41. The third-order valence-electron chi connectivity index (χ3n) is 8.93. The number of carbonyl (C=O) groups is 3. The number of amides is 3. The van der Waals surface area contributed by atoms with Gasteiger partial charge in [-0.2, -0.15) is 8.42 Å². The number of hydrogen-bond acceptors (Lipinski definition) is 7. The molecule has 3 amide bonds. The first-order chi connectivity index (χ1) is 25.8. The van der Waals surface area contributed by atoms with Crippen molar-refractivity contribution in [2.45, 2.75) is 143 Å². The van der Waals surface area contributed by atoms with Crippen LogP contribution in [-0.4, -0.2) is 80.8 Å². The summed E-state index contributed by atoms with van der Waals surface area (Å²) < 4.78 is 29.6. The zero-order valence-corrected chi connectivity index (χ0v) is 36.6. The summed E-state index contributed by atoms with van der Waals surface area (Å²) in [6.07, 6.45) is 19.7. The van der Waals surface area contributed by atoms with Crippen LogP contribution in [0.3, 0.4) is 0 Å².